The van der Waals surface area contributed by atoms with Gasteiger partial charge in [0.15, 0.2) is 6.61 Å². The van der Waals surface area contributed by atoms with Crippen LogP contribution in [0.15, 0.2) is 60.8 Å². The minimum Gasteiger partial charge on any atom is -0.497 e. The SMILES string of the molecule is COc1ccc(-n2ccc(CNC(=O)c3ccc(OCC(=O)N4C(C)CCCC4C)cc3)n2)cc1. The fourth-order valence-corrected chi connectivity index (χ4v) is 4.44. The molecule has 0 radical (unpaired) electrons. The Morgan fingerprint density at radius 3 is 2.29 bits per heavy atom. The van der Waals surface area contributed by atoms with Gasteiger partial charge in [0, 0.05) is 23.8 Å². The number of amides is 2. The summed E-state index contributed by atoms with van der Waals surface area (Å²) in [5.41, 5.74) is 2.16. The van der Waals surface area contributed by atoms with Crippen LogP contribution in [0.5, 0.6) is 11.5 Å². The van der Waals surface area contributed by atoms with E-state index in [1.807, 2.05) is 41.4 Å². The maximum absolute atomic E-state index is 12.6. The van der Waals surface area contributed by atoms with Crippen molar-refractivity contribution in [2.24, 2.45) is 0 Å². The number of methoxy groups -OCH3 is 1. The molecule has 1 saturated heterocycles. The average molecular weight is 477 g/mol. The van der Waals surface area contributed by atoms with E-state index >= 15 is 0 Å². The average Bonchev–Trinajstić information content (AvgIpc) is 3.35. The molecular formula is C27H32N4O4. The number of ether oxygens (including phenoxy) is 2. The number of aromatic nitrogens is 2. The van der Waals surface area contributed by atoms with Crippen LogP contribution >= 0.6 is 0 Å². The lowest BCUT2D eigenvalue weighted by molar-refractivity contribution is -0.139. The molecule has 35 heavy (non-hydrogen) atoms. The fourth-order valence-electron chi connectivity index (χ4n) is 4.44. The highest BCUT2D eigenvalue weighted by Crippen LogP contribution is 2.23. The number of hydrogen-bond acceptors (Lipinski definition) is 5. The zero-order chi connectivity index (χ0) is 24.8. The van der Waals surface area contributed by atoms with Crippen LogP contribution in [0.25, 0.3) is 5.69 Å². The summed E-state index contributed by atoms with van der Waals surface area (Å²) < 4.78 is 12.6. The minimum absolute atomic E-state index is 0.000552. The first-order valence-corrected chi connectivity index (χ1v) is 12.0. The highest BCUT2D eigenvalue weighted by atomic mass is 16.5. The molecule has 4 rings (SSSR count). The van der Waals surface area contributed by atoms with E-state index in [0.717, 1.165) is 36.4 Å². The van der Waals surface area contributed by atoms with Gasteiger partial charge in [-0.3, -0.25) is 9.59 Å². The first kappa shape index (κ1) is 24.3. The molecule has 8 heteroatoms. The van der Waals surface area contributed by atoms with Crippen molar-refractivity contribution in [2.75, 3.05) is 13.7 Å². The molecule has 0 bridgehead atoms. The Morgan fingerprint density at radius 1 is 0.971 bits per heavy atom. The second-order valence-corrected chi connectivity index (χ2v) is 8.88. The van der Waals surface area contributed by atoms with Gasteiger partial charge in [0.2, 0.25) is 0 Å². The van der Waals surface area contributed by atoms with Crippen LogP contribution in [-0.4, -0.2) is 52.3 Å². The standard InChI is InChI=1S/C27H32N4O4/c1-19-5-4-6-20(2)31(19)26(32)18-35-25-11-7-21(8-12-25)27(33)28-17-22-15-16-30(29-22)23-9-13-24(34-3)14-10-23/h7-16,19-20H,4-6,17-18H2,1-3H3,(H,28,33). The molecular weight excluding hydrogens is 444 g/mol. The quantitative estimate of drug-likeness (QED) is 0.532. The topological polar surface area (TPSA) is 85.7 Å². The van der Waals surface area contributed by atoms with E-state index in [4.69, 9.17) is 9.47 Å². The van der Waals surface area contributed by atoms with Gasteiger partial charge in [-0.2, -0.15) is 5.10 Å². The third-order valence-corrected chi connectivity index (χ3v) is 6.37. The molecule has 1 aliphatic heterocycles. The summed E-state index contributed by atoms with van der Waals surface area (Å²) in [4.78, 5) is 27.1. The van der Waals surface area contributed by atoms with Gasteiger partial charge >= 0.3 is 0 Å². The lowest BCUT2D eigenvalue weighted by atomic mass is 9.97. The van der Waals surface area contributed by atoms with Gasteiger partial charge in [-0.1, -0.05) is 0 Å². The second-order valence-electron chi connectivity index (χ2n) is 8.88. The summed E-state index contributed by atoms with van der Waals surface area (Å²) in [6, 6.07) is 16.7. The highest BCUT2D eigenvalue weighted by molar-refractivity contribution is 5.94. The third kappa shape index (κ3) is 6.01. The first-order valence-electron chi connectivity index (χ1n) is 12.0. The molecule has 2 heterocycles. The van der Waals surface area contributed by atoms with Crippen molar-refractivity contribution < 1.29 is 19.1 Å². The Kier molecular flexibility index (Phi) is 7.70. The van der Waals surface area contributed by atoms with Crippen LogP contribution in [0, 0.1) is 0 Å². The number of nitrogens with one attached hydrogen (secondary N) is 1. The van der Waals surface area contributed by atoms with Gasteiger partial charge in [0.05, 0.1) is 25.0 Å². The van der Waals surface area contributed by atoms with Gasteiger partial charge in [0.25, 0.3) is 11.8 Å². The summed E-state index contributed by atoms with van der Waals surface area (Å²) in [6.07, 6.45) is 5.06. The van der Waals surface area contributed by atoms with Gasteiger partial charge in [-0.25, -0.2) is 4.68 Å². The number of carbonyl (C=O) groups excluding carboxylic acids is 2. The van der Waals surface area contributed by atoms with Gasteiger partial charge in [-0.05, 0) is 87.7 Å². The maximum atomic E-state index is 12.6. The Balaban J connectivity index is 1.27. The Morgan fingerprint density at radius 2 is 1.63 bits per heavy atom. The minimum atomic E-state index is -0.206. The molecule has 3 aromatic rings. The summed E-state index contributed by atoms with van der Waals surface area (Å²) in [5, 5.41) is 7.40. The van der Waals surface area contributed by atoms with Crippen LogP contribution < -0.4 is 14.8 Å². The molecule has 2 aromatic carbocycles. The Bertz CT molecular complexity index is 1130. The summed E-state index contributed by atoms with van der Waals surface area (Å²) in [6.45, 7) is 4.48. The number of rotatable bonds is 8. The molecule has 0 aliphatic carbocycles. The number of nitrogens with zero attached hydrogens (tertiary/aromatic N) is 3. The predicted octanol–water partition coefficient (Wildman–Crippen LogP) is 3.98. The van der Waals surface area contributed by atoms with E-state index < -0.39 is 0 Å². The normalized spacial score (nSPS) is 17.6. The number of likely N-dealkylation sites (tertiary alicyclic amines) is 1. The van der Waals surface area contributed by atoms with Crippen molar-refractivity contribution in [3.8, 4) is 17.2 Å². The number of hydrogen-bond donors (Lipinski definition) is 1. The van der Waals surface area contributed by atoms with Crippen LogP contribution in [0.4, 0.5) is 0 Å². The molecule has 1 N–H and O–H groups in total. The van der Waals surface area contributed by atoms with E-state index in [1.54, 1.807) is 36.1 Å². The van der Waals surface area contributed by atoms with Crippen molar-refractivity contribution in [2.45, 2.75) is 51.7 Å². The molecule has 2 atom stereocenters. The van der Waals surface area contributed by atoms with Crippen molar-refractivity contribution in [3.05, 3.63) is 72.1 Å². The smallest absolute Gasteiger partial charge is 0.260 e. The summed E-state index contributed by atoms with van der Waals surface area (Å²) in [5.74, 6) is 1.14. The Hall–Kier alpha value is -3.81. The number of piperidine rings is 1. The van der Waals surface area contributed by atoms with E-state index in [0.29, 0.717) is 17.9 Å². The van der Waals surface area contributed by atoms with Crippen molar-refractivity contribution >= 4 is 11.8 Å². The molecule has 1 aromatic heterocycles. The summed E-state index contributed by atoms with van der Waals surface area (Å²) >= 11 is 0. The monoisotopic (exact) mass is 476 g/mol. The molecule has 0 saturated carbocycles. The van der Waals surface area contributed by atoms with Crippen molar-refractivity contribution in [3.63, 3.8) is 0 Å². The van der Waals surface area contributed by atoms with E-state index in [9.17, 15) is 9.59 Å². The van der Waals surface area contributed by atoms with E-state index in [-0.39, 0.29) is 30.5 Å². The molecule has 2 unspecified atom stereocenters. The van der Waals surface area contributed by atoms with Crippen molar-refractivity contribution in [1.29, 1.82) is 0 Å². The molecule has 2 amide bonds. The zero-order valence-corrected chi connectivity index (χ0v) is 20.4. The molecule has 1 fully saturated rings. The van der Waals surface area contributed by atoms with Gasteiger partial charge in [0.1, 0.15) is 11.5 Å². The fraction of sp³-hybridized carbons (Fsp3) is 0.370. The molecule has 0 spiro atoms. The highest BCUT2D eigenvalue weighted by Gasteiger charge is 2.29. The lowest BCUT2D eigenvalue weighted by Crippen LogP contribution is -2.49. The maximum Gasteiger partial charge on any atom is 0.260 e. The van der Waals surface area contributed by atoms with Gasteiger partial charge < -0.3 is 19.7 Å². The van der Waals surface area contributed by atoms with Gasteiger partial charge in [-0.15, -0.1) is 0 Å². The van der Waals surface area contributed by atoms with Crippen molar-refractivity contribution in [1.82, 2.24) is 20.0 Å². The van der Waals surface area contributed by atoms with E-state index in [2.05, 4.69) is 24.3 Å². The first-order chi connectivity index (χ1) is 16.9. The molecule has 8 nitrogen and oxygen atoms in total. The zero-order valence-electron chi connectivity index (χ0n) is 20.4. The third-order valence-electron chi connectivity index (χ3n) is 6.37. The number of carbonyl (C=O) groups is 2. The van der Waals surface area contributed by atoms with E-state index in [1.165, 1.54) is 0 Å². The van der Waals surface area contributed by atoms with Crippen LogP contribution in [0.1, 0.15) is 49.2 Å². The lowest BCUT2D eigenvalue weighted by Gasteiger charge is -2.38. The number of benzene rings is 2. The summed E-state index contributed by atoms with van der Waals surface area (Å²) in [7, 11) is 1.63. The molecule has 184 valence electrons. The predicted molar refractivity (Wildman–Crippen MR) is 133 cm³/mol. The van der Waals surface area contributed by atoms with Crippen LogP contribution in [-0.2, 0) is 11.3 Å². The Labute approximate surface area is 205 Å². The van der Waals surface area contributed by atoms with Crippen LogP contribution in [0.3, 0.4) is 0 Å². The largest absolute Gasteiger partial charge is 0.497 e. The molecule has 1 aliphatic rings. The second kappa shape index (κ2) is 11.1. The van der Waals surface area contributed by atoms with Crippen LogP contribution in [0.2, 0.25) is 0 Å².